The molecule has 32 heavy (non-hydrogen) atoms. The highest BCUT2D eigenvalue weighted by atomic mass is 19.3. The Morgan fingerprint density at radius 3 is 2.62 bits per heavy atom. The first-order chi connectivity index (χ1) is 15.5. The van der Waals surface area contributed by atoms with Crippen molar-refractivity contribution >= 4 is 5.95 Å². The number of fused-ring (bicyclic) bond motifs is 2. The van der Waals surface area contributed by atoms with Crippen LogP contribution >= 0.6 is 0 Å². The number of halogens is 2. The smallest absolute Gasteiger partial charge is 0.283 e. The zero-order valence-corrected chi connectivity index (χ0v) is 17.2. The van der Waals surface area contributed by atoms with E-state index in [1.165, 1.54) is 6.20 Å². The molecule has 0 radical (unpaired) electrons. The number of aromatic nitrogens is 5. The molecule has 3 aliphatic rings. The largest absolute Gasteiger partial charge is 0.507 e. The molecule has 1 aromatic carbocycles. The molecule has 2 aromatic heterocycles. The van der Waals surface area contributed by atoms with E-state index in [9.17, 15) is 5.11 Å². The molecule has 1 unspecified atom stereocenters. The van der Waals surface area contributed by atoms with Crippen LogP contribution in [0, 0.1) is 0 Å². The second kappa shape index (κ2) is 7.19. The Hall–Kier alpha value is -3.14. The van der Waals surface area contributed by atoms with Gasteiger partial charge >= 0.3 is 0 Å². The Morgan fingerprint density at radius 1 is 1.06 bits per heavy atom. The van der Waals surface area contributed by atoms with E-state index in [2.05, 4.69) is 30.7 Å². The molecule has 166 valence electrons. The Balaban J connectivity index is 1.29. The molecule has 3 fully saturated rings. The van der Waals surface area contributed by atoms with Crippen LogP contribution in [0.2, 0.25) is 0 Å². The van der Waals surface area contributed by atoms with E-state index < -0.39 is 18.0 Å². The van der Waals surface area contributed by atoms with Crippen molar-refractivity contribution in [1.29, 1.82) is 0 Å². The quantitative estimate of drug-likeness (QED) is 0.561. The number of phenols is 1. The summed E-state index contributed by atoms with van der Waals surface area (Å²) in [6.07, 6.45) is 8.27. The molecular formula is C22H23F2N7O. The Labute approximate surface area is 183 Å². The zero-order valence-electron chi connectivity index (χ0n) is 17.2. The number of piperidine rings is 1. The van der Waals surface area contributed by atoms with E-state index in [-0.39, 0.29) is 23.8 Å². The Kier molecular flexibility index (Phi) is 4.39. The number of rotatable bonds is 5. The molecule has 6 rings (SSSR count). The molecule has 3 aromatic rings. The summed E-state index contributed by atoms with van der Waals surface area (Å²) in [5.74, 6) is -2.58. The highest BCUT2D eigenvalue weighted by Gasteiger charge is 2.58. The second-order valence-corrected chi connectivity index (χ2v) is 8.92. The van der Waals surface area contributed by atoms with Gasteiger partial charge in [-0.3, -0.25) is 5.10 Å². The molecule has 1 aliphatic carbocycles. The van der Waals surface area contributed by atoms with Crippen LogP contribution in [-0.4, -0.2) is 60.6 Å². The number of aromatic hydroxyl groups is 1. The first-order valence-electron chi connectivity index (χ1n) is 10.9. The average Bonchev–Trinajstić information content (AvgIpc) is 3.29. The van der Waals surface area contributed by atoms with Gasteiger partial charge in [-0.25, -0.2) is 13.8 Å². The minimum atomic E-state index is -2.85. The maximum absolute atomic E-state index is 15.2. The van der Waals surface area contributed by atoms with E-state index in [1.807, 2.05) is 6.07 Å². The van der Waals surface area contributed by atoms with E-state index >= 15 is 8.78 Å². The standard InChI is InChI=1S/C22H23F2N7O/c23-22(24)19-6-2-14(28-19)8-20(22)31(15-3-4-15)21-25-11-17(29-30-21)16-5-1-12(7-18(16)32)13-9-26-27-10-13/h1,5,7,9-11,14-15,19-20,28,32H,2-4,6,8H2,(H,26,27)/t14?,19-,20-/m0/s1. The van der Waals surface area contributed by atoms with Gasteiger partial charge in [0.05, 0.1) is 24.5 Å². The lowest BCUT2D eigenvalue weighted by atomic mass is 9.93. The van der Waals surface area contributed by atoms with Crippen LogP contribution in [0.25, 0.3) is 22.4 Å². The Bertz CT molecular complexity index is 1120. The molecule has 10 heteroatoms. The van der Waals surface area contributed by atoms with Gasteiger partial charge in [0.1, 0.15) is 11.4 Å². The number of aromatic amines is 1. The molecular weight excluding hydrogens is 416 g/mol. The first-order valence-corrected chi connectivity index (χ1v) is 10.9. The predicted molar refractivity (Wildman–Crippen MR) is 113 cm³/mol. The van der Waals surface area contributed by atoms with Crippen molar-refractivity contribution in [3.8, 4) is 28.1 Å². The third-order valence-corrected chi connectivity index (χ3v) is 6.82. The maximum Gasteiger partial charge on any atom is 0.283 e. The lowest BCUT2D eigenvalue weighted by Crippen LogP contribution is -2.63. The van der Waals surface area contributed by atoms with Gasteiger partial charge in [-0.1, -0.05) is 6.07 Å². The van der Waals surface area contributed by atoms with E-state index in [4.69, 9.17) is 0 Å². The number of nitrogens with zero attached hydrogens (tertiary/aromatic N) is 5. The molecule has 2 bridgehead atoms. The lowest BCUT2D eigenvalue weighted by molar-refractivity contribution is -0.0745. The Morgan fingerprint density at radius 2 is 1.94 bits per heavy atom. The fourth-order valence-corrected chi connectivity index (χ4v) is 5.02. The third kappa shape index (κ3) is 3.21. The first kappa shape index (κ1) is 19.5. The van der Waals surface area contributed by atoms with Gasteiger partial charge in [-0.2, -0.15) is 5.10 Å². The molecule has 8 nitrogen and oxygen atoms in total. The molecule has 4 heterocycles. The number of hydrogen-bond acceptors (Lipinski definition) is 7. The summed E-state index contributed by atoms with van der Waals surface area (Å²) in [6.45, 7) is 0. The second-order valence-electron chi connectivity index (χ2n) is 8.92. The van der Waals surface area contributed by atoms with Crippen LogP contribution in [-0.2, 0) is 0 Å². The van der Waals surface area contributed by atoms with Crippen LogP contribution in [0.1, 0.15) is 32.1 Å². The van der Waals surface area contributed by atoms with Crippen molar-refractivity contribution in [1.82, 2.24) is 30.7 Å². The molecule has 3 N–H and O–H groups in total. The number of nitrogens with one attached hydrogen (secondary N) is 2. The minimum absolute atomic E-state index is 0.0265. The number of alkyl halides is 2. The molecule has 2 aliphatic heterocycles. The zero-order chi connectivity index (χ0) is 21.9. The van der Waals surface area contributed by atoms with Crippen LogP contribution in [0.15, 0.2) is 36.8 Å². The fraction of sp³-hybridized carbons (Fsp3) is 0.455. The summed E-state index contributed by atoms with van der Waals surface area (Å²) < 4.78 is 30.4. The number of phenolic OH excluding ortho intramolecular Hbond substituents is 1. The van der Waals surface area contributed by atoms with Gasteiger partial charge in [-0.05, 0) is 49.8 Å². The van der Waals surface area contributed by atoms with Gasteiger partial charge in [0.2, 0.25) is 5.95 Å². The van der Waals surface area contributed by atoms with Crippen LogP contribution in [0.3, 0.4) is 0 Å². The van der Waals surface area contributed by atoms with E-state index in [0.717, 1.165) is 30.4 Å². The summed E-state index contributed by atoms with van der Waals surface area (Å²) in [5.41, 5.74) is 2.52. The summed E-state index contributed by atoms with van der Waals surface area (Å²) in [7, 11) is 0. The predicted octanol–water partition coefficient (Wildman–Crippen LogP) is 3.13. The van der Waals surface area contributed by atoms with Gasteiger partial charge in [0, 0.05) is 29.4 Å². The van der Waals surface area contributed by atoms with Crippen molar-refractivity contribution in [2.24, 2.45) is 0 Å². The summed E-state index contributed by atoms with van der Waals surface area (Å²) in [5, 5.41) is 28.7. The summed E-state index contributed by atoms with van der Waals surface area (Å²) >= 11 is 0. The van der Waals surface area contributed by atoms with Crippen molar-refractivity contribution in [3.05, 3.63) is 36.8 Å². The van der Waals surface area contributed by atoms with Crippen LogP contribution in [0.5, 0.6) is 5.75 Å². The van der Waals surface area contributed by atoms with Gasteiger partial charge in [0.25, 0.3) is 5.92 Å². The molecule has 3 atom stereocenters. The SMILES string of the molecule is Oc1cc(-c2cn[nH]c2)ccc1-c1cnc(N(C2CC2)[C@H]2CC3CC[C@H](N3)C2(F)F)nn1. The van der Waals surface area contributed by atoms with E-state index in [1.54, 1.807) is 29.4 Å². The average molecular weight is 439 g/mol. The van der Waals surface area contributed by atoms with Crippen molar-refractivity contribution in [2.45, 2.75) is 62.2 Å². The highest BCUT2D eigenvalue weighted by Crippen LogP contribution is 2.45. The number of benzene rings is 1. The van der Waals surface area contributed by atoms with Crippen molar-refractivity contribution in [2.75, 3.05) is 4.90 Å². The van der Waals surface area contributed by atoms with Crippen LogP contribution < -0.4 is 10.2 Å². The monoisotopic (exact) mass is 439 g/mol. The summed E-state index contributed by atoms with van der Waals surface area (Å²) in [6, 6.07) is 3.63. The van der Waals surface area contributed by atoms with Gasteiger partial charge in [0.15, 0.2) is 0 Å². The number of hydrogen-bond donors (Lipinski definition) is 3. The van der Waals surface area contributed by atoms with Crippen molar-refractivity contribution in [3.63, 3.8) is 0 Å². The molecule has 0 spiro atoms. The topological polar surface area (TPSA) is 103 Å². The molecule has 1 saturated carbocycles. The van der Waals surface area contributed by atoms with Gasteiger partial charge < -0.3 is 15.3 Å². The van der Waals surface area contributed by atoms with Crippen molar-refractivity contribution < 1.29 is 13.9 Å². The molecule has 2 saturated heterocycles. The minimum Gasteiger partial charge on any atom is -0.507 e. The number of anilines is 1. The lowest BCUT2D eigenvalue weighted by Gasteiger charge is -2.43. The maximum atomic E-state index is 15.2. The molecule has 0 amide bonds. The summed E-state index contributed by atoms with van der Waals surface area (Å²) in [4.78, 5) is 6.11. The normalized spacial score (nSPS) is 26.2. The number of H-pyrrole nitrogens is 1. The third-order valence-electron chi connectivity index (χ3n) is 6.82. The fourth-order valence-electron chi connectivity index (χ4n) is 5.02. The van der Waals surface area contributed by atoms with Gasteiger partial charge in [-0.15, -0.1) is 10.2 Å². The highest BCUT2D eigenvalue weighted by molar-refractivity contribution is 5.73. The van der Waals surface area contributed by atoms with E-state index in [0.29, 0.717) is 24.1 Å². The van der Waals surface area contributed by atoms with Crippen LogP contribution in [0.4, 0.5) is 14.7 Å².